The van der Waals surface area contributed by atoms with Crippen molar-refractivity contribution in [3.8, 4) is 0 Å². The molecule has 3 saturated carbocycles. The van der Waals surface area contributed by atoms with E-state index in [4.69, 9.17) is 4.74 Å². The Labute approximate surface area is 165 Å². The minimum absolute atomic E-state index is 0.0217. The van der Waals surface area contributed by atoms with Crippen LogP contribution in [0.4, 0.5) is 0 Å². The first-order chi connectivity index (χ1) is 12.8. The van der Waals surface area contributed by atoms with Crippen LogP contribution in [0.3, 0.4) is 0 Å². The van der Waals surface area contributed by atoms with E-state index in [1.807, 2.05) is 7.11 Å². The quantitative estimate of drug-likeness (QED) is 0.690. The lowest BCUT2D eigenvalue weighted by atomic mass is 9.47. The highest BCUT2D eigenvalue weighted by Crippen LogP contribution is 2.66. The van der Waals surface area contributed by atoms with Gasteiger partial charge >= 0.3 is 0 Å². The summed E-state index contributed by atoms with van der Waals surface area (Å²) >= 11 is 0. The smallest absolute Gasteiger partial charge is 0.220 e. The molecule has 0 aromatic heterocycles. The Morgan fingerprint density at radius 2 is 1.96 bits per heavy atom. The first-order valence-corrected chi connectivity index (χ1v) is 11.0. The fourth-order valence-corrected chi connectivity index (χ4v) is 7.71. The van der Waals surface area contributed by atoms with Crippen LogP contribution >= 0.6 is 0 Å². The van der Waals surface area contributed by atoms with Crippen molar-refractivity contribution >= 4 is 5.91 Å². The van der Waals surface area contributed by atoms with Crippen LogP contribution in [-0.2, 0) is 9.53 Å². The van der Waals surface area contributed by atoms with Crippen LogP contribution in [0.2, 0.25) is 0 Å². The van der Waals surface area contributed by atoms with Gasteiger partial charge in [0.2, 0.25) is 5.91 Å². The van der Waals surface area contributed by atoms with Gasteiger partial charge in [0, 0.05) is 25.6 Å². The molecular weight excluding hydrogens is 334 g/mol. The molecule has 7 atom stereocenters. The molecule has 4 aliphatic carbocycles. The van der Waals surface area contributed by atoms with Crippen molar-refractivity contribution < 1.29 is 9.53 Å². The highest BCUT2D eigenvalue weighted by atomic mass is 16.5. The summed E-state index contributed by atoms with van der Waals surface area (Å²) in [5.74, 6) is 2.84. The number of methoxy groups -OCH3 is 1. The maximum absolute atomic E-state index is 11.6. The molecule has 27 heavy (non-hydrogen) atoms. The zero-order valence-corrected chi connectivity index (χ0v) is 17.6. The largest absolute Gasteiger partial charge is 0.381 e. The number of carbonyl (C=O) groups excluding carboxylic acids is 1. The highest BCUT2D eigenvalue weighted by Gasteiger charge is 2.59. The van der Waals surface area contributed by atoms with Gasteiger partial charge in [0.05, 0.1) is 6.10 Å². The third-order valence-corrected chi connectivity index (χ3v) is 9.15. The van der Waals surface area contributed by atoms with Crippen LogP contribution in [-0.4, -0.2) is 19.1 Å². The summed E-state index contributed by atoms with van der Waals surface area (Å²) < 4.78 is 5.69. The molecule has 3 heteroatoms. The third kappa shape index (κ3) is 2.92. The number of rotatable bonds is 3. The molecule has 4 aliphatic rings. The molecule has 1 N–H and O–H groups in total. The summed E-state index contributed by atoms with van der Waals surface area (Å²) in [4.78, 5) is 11.6. The van der Waals surface area contributed by atoms with Gasteiger partial charge in [0.15, 0.2) is 0 Å². The molecule has 0 aromatic carbocycles. The van der Waals surface area contributed by atoms with Crippen LogP contribution in [0, 0.1) is 34.5 Å². The predicted molar refractivity (Wildman–Crippen MR) is 109 cm³/mol. The summed E-state index contributed by atoms with van der Waals surface area (Å²) in [5, 5.41) is 3.02. The van der Waals surface area contributed by atoms with Gasteiger partial charge in [-0.25, -0.2) is 0 Å². The van der Waals surface area contributed by atoms with E-state index in [1.54, 1.807) is 12.5 Å². The van der Waals surface area contributed by atoms with E-state index in [-0.39, 0.29) is 5.91 Å². The number of fused-ring (bicyclic) bond motifs is 5. The molecule has 0 heterocycles. The maximum Gasteiger partial charge on any atom is 0.220 e. The number of nitrogens with one attached hydrogen (secondary N) is 1. The molecular formula is C24H37NO2. The first-order valence-electron chi connectivity index (χ1n) is 11.0. The van der Waals surface area contributed by atoms with Gasteiger partial charge in [-0.05, 0) is 80.0 Å². The molecule has 1 amide bonds. The van der Waals surface area contributed by atoms with E-state index < -0.39 is 0 Å². The van der Waals surface area contributed by atoms with E-state index in [9.17, 15) is 4.79 Å². The number of hydrogen-bond acceptors (Lipinski definition) is 2. The Morgan fingerprint density at radius 3 is 2.67 bits per heavy atom. The lowest BCUT2D eigenvalue weighted by Crippen LogP contribution is -2.51. The van der Waals surface area contributed by atoms with Crippen molar-refractivity contribution in [2.75, 3.05) is 7.11 Å². The zero-order valence-electron chi connectivity index (χ0n) is 17.6. The molecule has 0 bridgehead atoms. The first kappa shape index (κ1) is 19.2. The van der Waals surface area contributed by atoms with Crippen LogP contribution in [0.25, 0.3) is 0 Å². The number of amides is 1. The summed E-state index contributed by atoms with van der Waals surface area (Å²) in [5.41, 5.74) is 3.32. The standard InChI is InChI=1S/C24H37NO2/c1-15(25-16(2)26)20-8-9-21-19-7-6-17-14-18(27-5)10-12-23(17,3)22(19)11-13-24(20,21)4/h6,18-22H,1,7-14H2,2-5H3,(H,25,26)/t18-,19-,20+,21-,22-,23-,24+/m0/s1. The summed E-state index contributed by atoms with van der Waals surface area (Å²) in [6, 6.07) is 0. The second-order valence-corrected chi connectivity index (χ2v) is 10.2. The Kier molecular flexibility index (Phi) is 4.81. The average molecular weight is 372 g/mol. The topological polar surface area (TPSA) is 38.3 Å². The molecule has 150 valence electrons. The molecule has 0 radical (unpaired) electrons. The summed E-state index contributed by atoms with van der Waals surface area (Å²) in [6.07, 6.45) is 13.0. The van der Waals surface area contributed by atoms with Gasteiger partial charge in [-0.3, -0.25) is 4.79 Å². The fourth-order valence-electron chi connectivity index (χ4n) is 7.71. The molecule has 0 spiro atoms. The van der Waals surface area contributed by atoms with Crippen molar-refractivity contribution in [1.29, 1.82) is 0 Å². The van der Waals surface area contributed by atoms with Crippen molar-refractivity contribution in [3.05, 3.63) is 23.9 Å². The van der Waals surface area contributed by atoms with Gasteiger partial charge < -0.3 is 10.1 Å². The van der Waals surface area contributed by atoms with Crippen molar-refractivity contribution in [2.24, 2.45) is 34.5 Å². The maximum atomic E-state index is 11.6. The summed E-state index contributed by atoms with van der Waals surface area (Å²) in [7, 11) is 1.87. The minimum Gasteiger partial charge on any atom is -0.381 e. The third-order valence-electron chi connectivity index (χ3n) is 9.15. The Balaban J connectivity index is 1.58. The van der Waals surface area contributed by atoms with Gasteiger partial charge in [0.1, 0.15) is 0 Å². The van der Waals surface area contributed by atoms with E-state index in [0.29, 0.717) is 22.9 Å². The average Bonchev–Trinajstić information content (AvgIpc) is 2.97. The minimum atomic E-state index is 0.0217. The van der Waals surface area contributed by atoms with Crippen molar-refractivity contribution in [3.63, 3.8) is 0 Å². The Morgan fingerprint density at radius 1 is 1.19 bits per heavy atom. The predicted octanol–water partition coefficient (Wildman–Crippen LogP) is 5.23. The van der Waals surface area contributed by atoms with E-state index in [1.165, 1.54) is 44.9 Å². The second-order valence-electron chi connectivity index (χ2n) is 10.2. The van der Waals surface area contributed by atoms with Crippen molar-refractivity contribution in [2.45, 2.75) is 78.2 Å². The van der Waals surface area contributed by atoms with Crippen LogP contribution in [0.1, 0.15) is 72.1 Å². The Bertz CT molecular complexity index is 667. The monoisotopic (exact) mass is 371 g/mol. The van der Waals surface area contributed by atoms with Crippen LogP contribution < -0.4 is 5.32 Å². The molecule has 3 nitrogen and oxygen atoms in total. The molecule has 4 rings (SSSR count). The van der Waals surface area contributed by atoms with E-state index >= 15 is 0 Å². The van der Waals surface area contributed by atoms with Gasteiger partial charge in [-0.1, -0.05) is 32.1 Å². The van der Waals surface area contributed by atoms with Gasteiger partial charge in [-0.15, -0.1) is 0 Å². The molecule has 0 aromatic rings. The highest BCUT2D eigenvalue weighted by molar-refractivity contribution is 5.74. The Hall–Kier alpha value is -1.09. The fraction of sp³-hybridized carbons (Fsp3) is 0.792. The van der Waals surface area contributed by atoms with E-state index in [0.717, 1.165) is 29.9 Å². The normalized spacial score (nSPS) is 45.9. The van der Waals surface area contributed by atoms with Crippen molar-refractivity contribution in [1.82, 2.24) is 5.32 Å². The second kappa shape index (κ2) is 6.76. The molecule has 3 fully saturated rings. The SMILES string of the molecule is C=C(NC(C)=O)[C@H]1CC[C@H]2[C@@H]3CC=C4C[C@@H](OC)CC[C@]4(C)[C@H]3CC[C@]12C. The van der Waals surface area contributed by atoms with E-state index in [2.05, 4.69) is 31.8 Å². The van der Waals surface area contributed by atoms with Crippen LogP contribution in [0.5, 0.6) is 0 Å². The van der Waals surface area contributed by atoms with Gasteiger partial charge in [0.25, 0.3) is 0 Å². The number of hydrogen-bond donors (Lipinski definition) is 1. The van der Waals surface area contributed by atoms with Gasteiger partial charge in [-0.2, -0.15) is 0 Å². The lowest BCUT2D eigenvalue weighted by Gasteiger charge is -2.58. The zero-order chi connectivity index (χ0) is 19.4. The van der Waals surface area contributed by atoms with Crippen LogP contribution in [0.15, 0.2) is 23.9 Å². The lowest BCUT2D eigenvalue weighted by molar-refractivity contribution is -0.118. The molecule has 0 saturated heterocycles. The summed E-state index contributed by atoms with van der Waals surface area (Å²) in [6.45, 7) is 10.9. The molecule has 0 aliphatic heterocycles. The molecule has 0 unspecified atom stereocenters. The number of carbonyl (C=O) groups is 1. The number of allylic oxidation sites excluding steroid dienone is 2. The number of ether oxygens (including phenoxy) is 1.